The largest absolute Gasteiger partial charge is 0.522 e. The Bertz CT molecular complexity index is 911. The zero-order valence-electron chi connectivity index (χ0n) is 16.4. The van der Waals surface area contributed by atoms with E-state index in [1.165, 1.54) is 0 Å². The minimum Gasteiger partial charge on any atom is -0.425 e. The minimum atomic E-state index is -4.65. The molecule has 1 aliphatic carbocycles. The molecule has 1 unspecified atom stereocenters. The van der Waals surface area contributed by atoms with E-state index < -0.39 is 24.5 Å². The van der Waals surface area contributed by atoms with E-state index in [2.05, 4.69) is 26.8 Å². The van der Waals surface area contributed by atoms with Gasteiger partial charge in [-0.3, -0.25) is 9.53 Å². The first-order chi connectivity index (χ1) is 14.6. The van der Waals surface area contributed by atoms with Crippen molar-refractivity contribution in [3.05, 3.63) is 58.9 Å². The quantitative estimate of drug-likeness (QED) is 0.583. The van der Waals surface area contributed by atoms with Gasteiger partial charge >= 0.3 is 6.36 Å². The van der Waals surface area contributed by atoms with E-state index in [-0.39, 0.29) is 31.1 Å². The van der Waals surface area contributed by atoms with Crippen LogP contribution < -0.4 is 5.32 Å². The first-order valence-electron chi connectivity index (χ1n) is 9.57. The summed E-state index contributed by atoms with van der Waals surface area (Å²) >= 11 is 5.80. The fourth-order valence-electron chi connectivity index (χ4n) is 3.13. The molecule has 2 aromatic rings. The summed E-state index contributed by atoms with van der Waals surface area (Å²) in [6.07, 6.45) is -5.69. The number of allylic oxidation sites excluding steroid dienone is 1. The van der Waals surface area contributed by atoms with Crippen LogP contribution in [0.5, 0.6) is 0 Å². The Kier molecular flexibility index (Phi) is 7.34. The highest BCUT2D eigenvalue weighted by Crippen LogP contribution is 2.40. The van der Waals surface area contributed by atoms with Crippen molar-refractivity contribution < 1.29 is 32.2 Å². The molecular formula is C20H21ClF3N3O4. The maximum atomic E-state index is 12.2. The van der Waals surface area contributed by atoms with Crippen LogP contribution in [0.15, 0.2) is 41.0 Å². The Morgan fingerprint density at radius 1 is 1.32 bits per heavy atom. The zero-order valence-corrected chi connectivity index (χ0v) is 17.1. The van der Waals surface area contributed by atoms with Crippen molar-refractivity contribution in [3.63, 3.8) is 0 Å². The second kappa shape index (κ2) is 9.80. The van der Waals surface area contributed by atoms with E-state index in [0.717, 1.165) is 0 Å². The monoisotopic (exact) mass is 459 g/mol. The van der Waals surface area contributed by atoms with Gasteiger partial charge in [0, 0.05) is 23.1 Å². The van der Waals surface area contributed by atoms with Gasteiger partial charge in [0.25, 0.3) is 0 Å². The molecule has 1 saturated carbocycles. The topological polar surface area (TPSA) is 97.5 Å². The second-order valence-corrected chi connectivity index (χ2v) is 7.75. The van der Waals surface area contributed by atoms with Crippen LogP contribution in [0.3, 0.4) is 0 Å². The number of hydrogen-bond donors (Lipinski definition) is 2. The van der Waals surface area contributed by atoms with Gasteiger partial charge in [-0.25, -0.2) is 0 Å². The van der Waals surface area contributed by atoms with Gasteiger partial charge in [-0.1, -0.05) is 30.3 Å². The molecule has 11 heteroatoms. The third-order valence-electron chi connectivity index (χ3n) is 4.82. The molecule has 0 saturated heterocycles. The summed E-state index contributed by atoms with van der Waals surface area (Å²) in [7, 11) is 0. The number of nitrogens with zero attached hydrogens (tertiary/aromatic N) is 2. The Hall–Kier alpha value is -2.43. The highest BCUT2D eigenvalue weighted by atomic mass is 35.5. The molecule has 1 fully saturated rings. The van der Waals surface area contributed by atoms with E-state index in [1.807, 2.05) is 0 Å². The number of hydrogen-bond acceptors (Lipinski definition) is 6. The number of ether oxygens (including phenoxy) is 1. The van der Waals surface area contributed by atoms with Crippen molar-refractivity contribution in [3.8, 4) is 0 Å². The summed E-state index contributed by atoms with van der Waals surface area (Å²) in [5, 5.41) is 21.0. The van der Waals surface area contributed by atoms with Crippen LogP contribution in [-0.2, 0) is 16.0 Å². The van der Waals surface area contributed by atoms with Gasteiger partial charge < -0.3 is 14.8 Å². The SMILES string of the molecule is C=C(CCc1nnc(C2CC(OC(F)(F)F)C2)o1)NC(=O)CC(O)c1ccc(Cl)cc1. The van der Waals surface area contributed by atoms with Gasteiger partial charge in [-0.05, 0) is 37.0 Å². The summed E-state index contributed by atoms with van der Waals surface area (Å²) in [5.41, 5.74) is 0.984. The lowest BCUT2D eigenvalue weighted by atomic mass is 9.82. The van der Waals surface area contributed by atoms with E-state index in [1.54, 1.807) is 24.3 Å². The number of benzene rings is 1. The van der Waals surface area contributed by atoms with E-state index in [9.17, 15) is 23.1 Å². The van der Waals surface area contributed by atoms with Gasteiger partial charge in [0.15, 0.2) is 0 Å². The Morgan fingerprint density at radius 3 is 2.65 bits per heavy atom. The third-order valence-corrected chi connectivity index (χ3v) is 5.07. The molecule has 0 radical (unpaired) electrons. The van der Waals surface area contributed by atoms with Crippen molar-refractivity contribution >= 4 is 17.5 Å². The van der Waals surface area contributed by atoms with Crippen LogP contribution in [0.25, 0.3) is 0 Å². The number of aliphatic hydroxyl groups is 1. The van der Waals surface area contributed by atoms with Gasteiger partial charge in [-0.15, -0.1) is 23.4 Å². The predicted octanol–water partition coefficient (Wildman–Crippen LogP) is 4.19. The number of carbonyl (C=O) groups excluding carboxylic acids is 1. The van der Waals surface area contributed by atoms with Crippen LogP contribution in [-0.4, -0.2) is 33.7 Å². The number of rotatable bonds is 9. The van der Waals surface area contributed by atoms with Crippen LogP contribution in [0.4, 0.5) is 13.2 Å². The average Bonchev–Trinajstić information content (AvgIpc) is 3.10. The lowest BCUT2D eigenvalue weighted by molar-refractivity contribution is -0.352. The molecule has 0 bridgehead atoms. The highest BCUT2D eigenvalue weighted by molar-refractivity contribution is 6.30. The van der Waals surface area contributed by atoms with Crippen LogP contribution >= 0.6 is 11.6 Å². The molecule has 1 heterocycles. The van der Waals surface area contributed by atoms with Crippen LogP contribution in [0.1, 0.15) is 55.1 Å². The number of aliphatic hydroxyl groups excluding tert-OH is 1. The van der Waals surface area contributed by atoms with E-state index in [0.29, 0.717) is 35.0 Å². The second-order valence-electron chi connectivity index (χ2n) is 7.31. The summed E-state index contributed by atoms with van der Waals surface area (Å²) in [6.45, 7) is 3.77. The average molecular weight is 460 g/mol. The third kappa shape index (κ3) is 7.05. The van der Waals surface area contributed by atoms with Gasteiger partial charge in [0.05, 0.1) is 18.6 Å². The van der Waals surface area contributed by atoms with E-state index in [4.69, 9.17) is 16.0 Å². The number of amides is 1. The van der Waals surface area contributed by atoms with Crippen LogP contribution in [0.2, 0.25) is 5.02 Å². The minimum absolute atomic E-state index is 0.145. The molecule has 2 N–H and O–H groups in total. The van der Waals surface area contributed by atoms with Crippen molar-refractivity contribution in [2.24, 2.45) is 0 Å². The van der Waals surface area contributed by atoms with Crippen molar-refractivity contribution in [2.75, 3.05) is 0 Å². The summed E-state index contributed by atoms with van der Waals surface area (Å²) in [6, 6.07) is 6.54. The number of aryl methyl sites for hydroxylation is 1. The van der Waals surface area contributed by atoms with Crippen molar-refractivity contribution in [2.45, 2.75) is 56.6 Å². The van der Waals surface area contributed by atoms with Gasteiger partial charge in [0.2, 0.25) is 17.7 Å². The molecule has 168 valence electrons. The number of aromatic nitrogens is 2. The van der Waals surface area contributed by atoms with Crippen molar-refractivity contribution in [1.82, 2.24) is 15.5 Å². The molecule has 1 aromatic heterocycles. The summed E-state index contributed by atoms with van der Waals surface area (Å²) < 4.78 is 45.9. The predicted molar refractivity (Wildman–Crippen MR) is 104 cm³/mol. The molecular weight excluding hydrogens is 439 g/mol. The molecule has 1 aliphatic rings. The number of alkyl halides is 3. The molecule has 0 spiro atoms. The lowest BCUT2D eigenvalue weighted by Gasteiger charge is -2.32. The molecule has 1 amide bonds. The highest BCUT2D eigenvalue weighted by Gasteiger charge is 2.42. The normalized spacial score (nSPS) is 19.5. The molecule has 31 heavy (non-hydrogen) atoms. The number of halogens is 4. The van der Waals surface area contributed by atoms with Crippen molar-refractivity contribution in [1.29, 1.82) is 0 Å². The molecule has 1 aromatic carbocycles. The number of carbonyl (C=O) groups is 1. The molecule has 7 nitrogen and oxygen atoms in total. The summed E-state index contributed by atoms with van der Waals surface area (Å²) in [5.74, 6) is -0.0840. The van der Waals surface area contributed by atoms with E-state index >= 15 is 0 Å². The molecule has 0 aliphatic heterocycles. The maximum Gasteiger partial charge on any atom is 0.522 e. The molecule has 1 atom stereocenters. The number of nitrogens with one attached hydrogen (secondary N) is 1. The first kappa shape index (κ1) is 23.2. The smallest absolute Gasteiger partial charge is 0.425 e. The fraction of sp³-hybridized carbons (Fsp3) is 0.450. The lowest BCUT2D eigenvalue weighted by Crippen LogP contribution is -2.34. The molecule has 3 rings (SSSR count). The fourth-order valence-corrected chi connectivity index (χ4v) is 3.26. The Balaban J connectivity index is 1.38. The van der Waals surface area contributed by atoms with Gasteiger partial charge in [0.1, 0.15) is 0 Å². The van der Waals surface area contributed by atoms with Gasteiger partial charge in [-0.2, -0.15) is 0 Å². The van der Waals surface area contributed by atoms with Crippen LogP contribution in [0, 0.1) is 0 Å². The Morgan fingerprint density at radius 2 is 2.00 bits per heavy atom. The summed E-state index contributed by atoms with van der Waals surface area (Å²) in [4.78, 5) is 12.1. The Labute approximate surface area is 181 Å². The first-order valence-corrected chi connectivity index (χ1v) is 9.95. The maximum absolute atomic E-state index is 12.2. The zero-order chi connectivity index (χ0) is 22.6. The standard InChI is InChI=1S/C20H21ClF3N3O4/c1-11(25-17(29)10-16(28)12-3-5-14(21)6-4-12)2-7-18-26-27-19(30-18)13-8-15(9-13)31-20(22,23)24/h3-6,13,15-16,28H,1-2,7-10H2,(H,25,29).